The standard InChI is InChI=1S/C27H24N4O3S/c1-33-22-10-9-18(14-23(22)34-15-17-6-3-2-4-7-17)26-25-20(30-27-28-16-29-31(26)27)12-19(13-21(25)32)24-8-5-11-35-24/h2-11,14,16,19,26H,12-13,15H2,1H3,(H,28,29,30)/t19-,26+/m0/s1. The lowest BCUT2D eigenvalue weighted by Crippen LogP contribution is -2.33. The van der Waals surface area contributed by atoms with Gasteiger partial charge in [-0.3, -0.25) is 4.79 Å². The van der Waals surface area contributed by atoms with Gasteiger partial charge in [0.2, 0.25) is 5.95 Å². The molecule has 4 aromatic rings. The zero-order chi connectivity index (χ0) is 23.8. The van der Waals surface area contributed by atoms with Crippen molar-refractivity contribution in [1.29, 1.82) is 0 Å². The maximum atomic E-state index is 13.6. The molecule has 0 fully saturated rings. The van der Waals surface area contributed by atoms with Crippen molar-refractivity contribution >= 4 is 23.1 Å². The largest absolute Gasteiger partial charge is 0.493 e. The molecule has 1 aliphatic carbocycles. The van der Waals surface area contributed by atoms with Gasteiger partial charge >= 0.3 is 0 Å². The number of thiophene rings is 1. The second-order valence-electron chi connectivity index (χ2n) is 8.68. The van der Waals surface area contributed by atoms with Gasteiger partial charge in [0.25, 0.3) is 0 Å². The maximum absolute atomic E-state index is 13.6. The van der Waals surface area contributed by atoms with E-state index in [9.17, 15) is 4.79 Å². The second-order valence-corrected chi connectivity index (χ2v) is 9.66. The third kappa shape index (κ3) is 4.00. The normalized spacial score (nSPS) is 19.1. The molecule has 1 aliphatic heterocycles. The highest BCUT2D eigenvalue weighted by atomic mass is 32.1. The Bertz CT molecular complexity index is 1400. The van der Waals surface area contributed by atoms with Gasteiger partial charge in [-0.05, 0) is 41.1 Å². The average Bonchev–Trinajstić information content (AvgIpc) is 3.59. The van der Waals surface area contributed by atoms with Crippen LogP contribution in [-0.2, 0) is 11.4 Å². The highest BCUT2D eigenvalue weighted by Crippen LogP contribution is 2.45. The molecule has 0 unspecified atom stereocenters. The summed E-state index contributed by atoms with van der Waals surface area (Å²) in [4.78, 5) is 19.2. The summed E-state index contributed by atoms with van der Waals surface area (Å²) in [5.74, 6) is 2.20. The molecule has 2 aliphatic rings. The summed E-state index contributed by atoms with van der Waals surface area (Å²) in [5, 5.41) is 9.90. The van der Waals surface area contributed by atoms with E-state index in [-0.39, 0.29) is 17.7 Å². The molecule has 0 saturated carbocycles. The summed E-state index contributed by atoms with van der Waals surface area (Å²) < 4.78 is 13.5. The number of benzene rings is 2. The van der Waals surface area contributed by atoms with Gasteiger partial charge in [-0.1, -0.05) is 42.5 Å². The molecule has 176 valence electrons. The van der Waals surface area contributed by atoms with Crippen LogP contribution >= 0.6 is 11.3 Å². The zero-order valence-electron chi connectivity index (χ0n) is 19.2. The first kappa shape index (κ1) is 21.6. The van der Waals surface area contributed by atoms with Crippen molar-refractivity contribution in [3.05, 3.63) is 99.6 Å². The number of ether oxygens (including phenoxy) is 2. The Morgan fingerprint density at radius 1 is 1.09 bits per heavy atom. The molecule has 35 heavy (non-hydrogen) atoms. The summed E-state index contributed by atoms with van der Waals surface area (Å²) in [6.07, 6.45) is 2.76. The number of rotatable bonds is 6. The van der Waals surface area contributed by atoms with E-state index >= 15 is 0 Å². The summed E-state index contributed by atoms with van der Waals surface area (Å²) >= 11 is 1.70. The molecule has 0 amide bonds. The molecule has 2 aromatic carbocycles. The third-order valence-electron chi connectivity index (χ3n) is 6.55. The van der Waals surface area contributed by atoms with E-state index in [1.54, 1.807) is 23.1 Å². The second kappa shape index (κ2) is 9.03. The van der Waals surface area contributed by atoms with E-state index in [2.05, 4.69) is 26.8 Å². The first-order valence-corrected chi connectivity index (χ1v) is 12.4. The van der Waals surface area contributed by atoms with Crippen LogP contribution in [0.3, 0.4) is 0 Å². The summed E-state index contributed by atoms with van der Waals surface area (Å²) in [5.41, 5.74) is 3.63. The summed E-state index contributed by atoms with van der Waals surface area (Å²) in [6, 6.07) is 19.6. The van der Waals surface area contributed by atoms with Crippen LogP contribution in [0.2, 0.25) is 0 Å². The Morgan fingerprint density at radius 2 is 1.97 bits per heavy atom. The van der Waals surface area contributed by atoms with Crippen molar-refractivity contribution in [3.63, 3.8) is 0 Å². The Hall–Kier alpha value is -3.91. The number of ketones is 1. The quantitative estimate of drug-likeness (QED) is 0.398. The van der Waals surface area contributed by atoms with Crippen molar-refractivity contribution in [2.75, 3.05) is 12.4 Å². The molecule has 7 nitrogen and oxygen atoms in total. The summed E-state index contributed by atoms with van der Waals surface area (Å²) in [6.45, 7) is 0.414. The zero-order valence-corrected chi connectivity index (χ0v) is 20.0. The number of allylic oxidation sites excluding steroid dienone is 2. The van der Waals surface area contributed by atoms with E-state index < -0.39 is 0 Å². The maximum Gasteiger partial charge on any atom is 0.226 e. The Morgan fingerprint density at radius 3 is 2.77 bits per heavy atom. The van der Waals surface area contributed by atoms with Gasteiger partial charge in [0.15, 0.2) is 17.3 Å². The van der Waals surface area contributed by atoms with Crippen molar-refractivity contribution in [2.45, 2.75) is 31.4 Å². The van der Waals surface area contributed by atoms with E-state index in [4.69, 9.17) is 9.47 Å². The third-order valence-corrected chi connectivity index (χ3v) is 7.58. The number of hydrogen-bond acceptors (Lipinski definition) is 7. The fourth-order valence-corrected chi connectivity index (χ4v) is 5.73. The Balaban J connectivity index is 1.38. The van der Waals surface area contributed by atoms with Crippen LogP contribution in [0.5, 0.6) is 11.5 Å². The minimum Gasteiger partial charge on any atom is -0.493 e. The van der Waals surface area contributed by atoms with Gasteiger partial charge in [-0.15, -0.1) is 11.3 Å². The summed E-state index contributed by atoms with van der Waals surface area (Å²) in [7, 11) is 1.63. The van der Waals surface area contributed by atoms with Crippen molar-refractivity contribution < 1.29 is 14.3 Å². The Kier molecular flexibility index (Phi) is 5.58. The number of carbonyl (C=O) groups excluding carboxylic acids is 1. The number of methoxy groups -OCH3 is 1. The predicted molar refractivity (Wildman–Crippen MR) is 134 cm³/mol. The Labute approximate surface area is 207 Å². The molecule has 8 heteroatoms. The van der Waals surface area contributed by atoms with Crippen LogP contribution in [0.25, 0.3) is 0 Å². The van der Waals surface area contributed by atoms with Gasteiger partial charge in [-0.2, -0.15) is 10.1 Å². The topological polar surface area (TPSA) is 78.3 Å². The lowest BCUT2D eigenvalue weighted by atomic mass is 9.80. The minimum absolute atomic E-state index is 0.130. The van der Waals surface area contributed by atoms with E-state index in [1.165, 1.54) is 11.2 Å². The molecular formula is C27H24N4O3S. The van der Waals surface area contributed by atoms with Crippen LogP contribution in [0.1, 0.15) is 40.8 Å². The number of anilines is 1. The monoisotopic (exact) mass is 484 g/mol. The van der Waals surface area contributed by atoms with Crippen molar-refractivity contribution in [2.24, 2.45) is 0 Å². The van der Waals surface area contributed by atoms with Crippen molar-refractivity contribution in [3.8, 4) is 11.5 Å². The highest BCUT2D eigenvalue weighted by Gasteiger charge is 2.39. The highest BCUT2D eigenvalue weighted by molar-refractivity contribution is 7.10. The number of hydrogen-bond donors (Lipinski definition) is 1. The van der Waals surface area contributed by atoms with Crippen LogP contribution < -0.4 is 14.8 Å². The molecule has 0 saturated heterocycles. The first-order valence-electron chi connectivity index (χ1n) is 11.5. The smallest absolute Gasteiger partial charge is 0.226 e. The van der Waals surface area contributed by atoms with E-state index in [0.29, 0.717) is 30.5 Å². The van der Waals surface area contributed by atoms with E-state index in [1.807, 2.05) is 54.6 Å². The molecule has 6 rings (SSSR count). The van der Waals surface area contributed by atoms with Crippen molar-refractivity contribution in [1.82, 2.24) is 14.8 Å². The number of aromatic nitrogens is 3. The van der Waals surface area contributed by atoms with E-state index in [0.717, 1.165) is 28.8 Å². The fraction of sp³-hybridized carbons (Fsp3) is 0.222. The first-order chi connectivity index (χ1) is 17.2. The van der Waals surface area contributed by atoms with Crippen LogP contribution in [0.15, 0.2) is 83.6 Å². The predicted octanol–water partition coefficient (Wildman–Crippen LogP) is 5.34. The molecule has 0 radical (unpaired) electrons. The van der Waals surface area contributed by atoms with Gasteiger partial charge in [0.1, 0.15) is 19.0 Å². The van der Waals surface area contributed by atoms with Crippen LogP contribution in [0.4, 0.5) is 5.95 Å². The van der Waals surface area contributed by atoms with Crippen LogP contribution in [0, 0.1) is 0 Å². The molecule has 0 bridgehead atoms. The van der Waals surface area contributed by atoms with Gasteiger partial charge in [0.05, 0.1) is 7.11 Å². The number of Topliss-reactive ketones (excluding diaryl/α,β-unsaturated/α-hetero) is 1. The molecular weight excluding hydrogens is 460 g/mol. The lowest BCUT2D eigenvalue weighted by molar-refractivity contribution is -0.116. The molecule has 1 N–H and O–H groups in total. The van der Waals surface area contributed by atoms with Gasteiger partial charge in [-0.25, -0.2) is 4.68 Å². The average molecular weight is 485 g/mol. The number of nitrogens with one attached hydrogen (secondary N) is 1. The number of fused-ring (bicyclic) bond motifs is 1. The fourth-order valence-electron chi connectivity index (χ4n) is 4.90. The minimum atomic E-state index is -0.384. The molecule has 2 aromatic heterocycles. The van der Waals surface area contributed by atoms with Gasteiger partial charge < -0.3 is 14.8 Å². The number of carbonyl (C=O) groups is 1. The van der Waals surface area contributed by atoms with Gasteiger partial charge in [0, 0.05) is 28.5 Å². The lowest BCUT2D eigenvalue weighted by Gasteiger charge is -2.35. The SMILES string of the molecule is COc1ccc([C@@H]2C3=C(C[C@H](c4cccs4)CC3=O)Nc3ncnn32)cc1OCc1ccccc1. The molecule has 0 spiro atoms. The molecule has 3 heterocycles. The van der Waals surface area contributed by atoms with Crippen LogP contribution in [-0.4, -0.2) is 27.7 Å². The molecule has 2 atom stereocenters. The number of nitrogens with zero attached hydrogens (tertiary/aromatic N) is 3.